The van der Waals surface area contributed by atoms with Gasteiger partial charge in [-0.05, 0) is 116 Å². The number of hydrogen-bond acceptors (Lipinski definition) is 7. The molecule has 0 amide bonds. The van der Waals surface area contributed by atoms with Gasteiger partial charge in [0.25, 0.3) is 6.29 Å². The van der Waals surface area contributed by atoms with Crippen LogP contribution in [0.2, 0.25) is 0 Å². The average Bonchev–Trinajstić information content (AvgIpc) is 3.36. The number of carboxylic acid groups (broad SMARTS) is 1. The lowest BCUT2D eigenvalue weighted by Crippen LogP contribution is -2.40. The number of nitrogens with zero attached hydrogens (tertiary/aromatic N) is 1. The molecule has 0 aliphatic heterocycles. The molecular formula is C64H104NO8+. The number of hydrogen-bond donors (Lipinski definition) is 1. The van der Waals surface area contributed by atoms with Crippen LogP contribution >= 0.6 is 0 Å². The van der Waals surface area contributed by atoms with Crippen LogP contribution in [0.3, 0.4) is 0 Å². The Morgan fingerprint density at radius 2 is 0.781 bits per heavy atom. The van der Waals surface area contributed by atoms with Crippen LogP contribution < -0.4 is 0 Å². The molecule has 1 N–H and O–H groups in total. The predicted molar refractivity (Wildman–Crippen MR) is 308 cm³/mol. The van der Waals surface area contributed by atoms with Crippen molar-refractivity contribution in [3.8, 4) is 0 Å². The van der Waals surface area contributed by atoms with Gasteiger partial charge in [0, 0.05) is 12.8 Å². The number of carbonyl (C=O) groups is 3. The van der Waals surface area contributed by atoms with Crippen molar-refractivity contribution in [3.05, 3.63) is 134 Å². The van der Waals surface area contributed by atoms with Crippen LogP contribution in [0.25, 0.3) is 0 Å². The van der Waals surface area contributed by atoms with E-state index in [1.54, 1.807) is 0 Å². The Labute approximate surface area is 446 Å². The Bertz CT molecular complexity index is 1650. The number of aliphatic carboxylic acids is 1. The molecule has 0 fully saturated rings. The maximum absolute atomic E-state index is 12.9. The van der Waals surface area contributed by atoms with Crippen LogP contribution in [0.1, 0.15) is 194 Å². The molecule has 0 rings (SSSR count). The molecule has 0 saturated heterocycles. The maximum atomic E-state index is 12.9. The zero-order valence-corrected chi connectivity index (χ0v) is 46.7. The summed E-state index contributed by atoms with van der Waals surface area (Å²) in [4.78, 5) is 37.4. The van der Waals surface area contributed by atoms with Gasteiger partial charge in [-0.25, -0.2) is 4.79 Å². The van der Waals surface area contributed by atoms with Gasteiger partial charge in [-0.2, -0.15) is 0 Å². The lowest BCUT2D eigenvalue weighted by atomic mass is 10.1. The summed E-state index contributed by atoms with van der Waals surface area (Å²) in [6.07, 6.45) is 73.7. The van der Waals surface area contributed by atoms with Crippen LogP contribution in [-0.4, -0.2) is 87.4 Å². The van der Waals surface area contributed by atoms with Gasteiger partial charge in [0.1, 0.15) is 13.2 Å². The molecule has 0 bridgehead atoms. The molecule has 2 atom stereocenters. The number of unbranched alkanes of at least 4 members (excludes halogenated alkanes) is 13. The zero-order valence-electron chi connectivity index (χ0n) is 46.7. The third kappa shape index (κ3) is 55.0. The molecule has 0 aliphatic carbocycles. The van der Waals surface area contributed by atoms with Crippen molar-refractivity contribution >= 4 is 17.9 Å². The molecule has 2 unspecified atom stereocenters. The van der Waals surface area contributed by atoms with E-state index in [2.05, 4.69) is 148 Å². The monoisotopic (exact) mass is 1010 g/mol. The topological polar surface area (TPSA) is 108 Å². The van der Waals surface area contributed by atoms with Crippen molar-refractivity contribution < 1.29 is 42.9 Å². The second kappa shape index (κ2) is 53.7. The highest BCUT2D eigenvalue weighted by Gasteiger charge is 2.25. The van der Waals surface area contributed by atoms with E-state index >= 15 is 0 Å². The van der Waals surface area contributed by atoms with E-state index in [9.17, 15) is 19.5 Å². The van der Waals surface area contributed by atoms with E-state index in [4.69, 9.17) is 18.9 Å². The summed E-state index contributed by atoms with van der Waals surface area (Å²) in [7, 11) is 5.94. The fraction of sp³-hybridized carbons (Fsp3) is 0.609. The Kier molecular flexibility index (Phi) is 50.4. The summed E-state index contributed by atoms with van der Waals surface area (Å²) < 4.78 is 22.8. The van der Waals surface area contributed by atoms with E-state index in [-0.39, 0.29) is 38.6 Å². The van der Waals surface area contributed by atoms with Gasteiger partial charge < -0.3 is 28.5 Å². The second-order valence-electron chi connectivity index (χ2n) is 19.5. The first-order chi connectivity index (χ1) is 35.6. The number of rotatable bonds is 50. The zero-order chi connectivity index (χ0) is 53.4. The van der Waals surface area contributed by atoms with Crippen molar-refractivity contribution in [3.63, 3.8) is 0 Å². The fourth-order valence-electron chi connectivity index (χ4n) is 7.03. The molecule has 0 aromatic rings. The van der Waals surface area contributed by atoms with E-state index in [0.29, 0.717) is 17.4 Å². The van der Waals surface area contributed by atoms with Gasteiger partial charge in [0.15, 0.2) is 6.10 Å². The van der Waals surface area contributed by atoms with Crippen molar-refractivity contribution in [1.82, 2.24) is 0 Å². The van der Waals surface area contributed by atoms with Gasteiger partial charge in [-0.15, -0.1) is 0 Å². The first-order valence-corrected chi connectivity index (χ1v) is 28.3. The Hall–Kier alpha value is -4.57. The minimum Gasteiger partial charge on any atom is -0.477 e. The van der Waals surface area contributed by atoms with Crippen LogP contribution in [0.15, 0.2) is 134 Å². The average molecular weight is 1020 g/mol. The number of carbonyl (C=O) groups excluding carboxylic acids is 2. The van der Waals surface area contributed by atoms with Crippen LogP contribution in [-0.2, 0) is 33.3 Å². The Morgan fingerprint density at radius 1 is 0.425 bits per heavy atom. The molecule has 0 aliphatic rings. The van der Waals surface area contributed by atoms with Gasteiger partial charge in [-0.1, -0.05) is 199 Å². The third-order valence-corrected chi connectivity index (χ3v) is 11.4. The SMILES string of the molecule is CC/C=C\C/C=C\C/C=C\C/C=C\C/C=C\C/C=C\C/C=C\C/C=C\CCCCCCC(=O)OC(COC(=O)CCCCCCCC/C=C\C/C=C\C/C=C\CCCCC)COC(OCC[N+](C)(C)C)C(=O)O. The highest BCUT2D eigenvalue weighted by Crippen LogP contribution is 2.13. The minimum absolute atomic E-state index is 0.172. The quantitative estimate of drug-likeness (QED) is 0.0211. The number of ether oxygens (including phenoxy) is 4. The van der Waals surface area contributed by atoms with Gasteiger partial charge >= 0.3 is 17.9 Å². The van der Waals surface area contributed by atoms with Gasteiger partial charge in [0.2, 0.25) is 0 Å². The number of esters is 2. The van der Waals surface area contributed by atoms with Crippen molar-refractivity contribution in [1.29, 1.82) is 0 Å². The smallest absolute Gasteiger partial charge is 0.361 e. The lowest BCUT2D eigenvalue weighted by Gasteiger charge is -2.25. The molecule has 412 valence electrons. The highest BCUT2D eigenvalue weighted by molar-refractivity contribution is 5.71. The molecule has 9 nitrogen and oxygen atoms in total. The summed E-state index contributed by atoms with van der Waals surface area (Å²) in [5, 5.41) is 9.70. The Morgan fingerprint density at radius 3 is 1.16 bits per heavy atom. The van der Waals surface area contributed by atoms with E-state index in [1.165, 1.54) is 38.5 Å². The largest absolute Gasteiger partial charge is 0.477 e. The van der Waals surface area contributed by atoms with Crippen molar-refractivity contribution in [2.45, 2.75) is 206 Å². The molecule has 9 heteroatoms. The van der Waals surface area contributed by atoms with Crippen molar-refractivity contribution in [2.24, 2.45) is 0 Å². The molecule has 73 heavy (non-hydrogen) atoms. The summed E-state index contributed by atoms with van der Waals surface area (Å²) >= 11 is 0. The highest BCUT2D eigenvalue weighted by atomic mass is 16.7. The third-order valence-electron chi connectivity index (χ3n) is 11.4. The van der Waals surface area contributed by atoms with Crippen molar-refractivity contribution in [2.75, 3.05) is 47.5 Å². The van der Waals surface area contributed by atoms with Crippen LogP contribution in [0.5, 0.6) is 0 Å². The van der Waals surface area contributed by atoms with Gasteiger partial charge in [0.05, 0.1) is 34.4 Å². The van der Waals surface area contributed by atoms with Crippen LogP contribution in [0, 0.1) is 0 Å². The summed E-state index contributed by atoms with van der Waals surface area (Å²) in [6.45, 7) is 4.66. The first kappa shape index (κ1) is 68.4. The molecule has 0 radical (unpaired) electrons. The summed E-state index contributed by atoms with van der Waals surface area (Å²) in [6, 6.07) is 0. The molecule has 0 saturated carbocycles. The number of carboxylic acids is 1. The summed E-state index contributed by atoms with van der Waals surface area (Å²) in [5.74, 6) is -2.08. The van der Waals surface area contributed by atoms with E-state index in [1.807, 2.05) is 21.1 Å². The minimum atomic E-state index is -1.53. The van der Waals surface area contributed by atoms with E-state index < -0.39 is 24.3 Å². The van der Waals surface area contributed by atoms with Gasteiger partial charge in [-0.3, -0.25) is 9.59 Å². The Balaban J connectivity index is 4.40. The molecule has 0 aromatic heterocycles. The molecule has 0 aromatic carbocycles. The number of quaternary nitrogens is 1. The standard InChI is InChI=1S/C64H103NO8/c1-6-8-10-12-14-16-18-20-22-24-26-27-28-29-30-31-32-33-34-35-37-39-41-43-45-47-49-51-53-55-62(67)73-60(59-72-64(63(68)69)70-57-56-65(3,4)5)58-71-61(66)54-52-50-48-46-44-42-40-38-36-25-23-21-19-17-15-13-11-9-7-2/h8,10,14-17,20-23,26-27,29-30,32-33,35-38,41,43,60,64H,6-7,9,11-13,18-19,24-25,28,31,34,39-40,42,44-59H2,1-5H3/p+1/b10-8-,16-14-,17-15-,22-20-,23-21-,27-26-,30-29-,33-32-,37-35-,38-36-,43-41-. The lowest BCUT2D eigenvalue weighted by molar-refractivity contribution is -0.870. The van der Waals surface area contributed by atoms with E-state index in [0.717, 1.165) is 122 Å². The predicted octanol–water partition coefficient (Wildman–Crippen LogP) is 16.7. The second-order valence-corrected chi connectivity index (χ2v) is 19.5. The molecular weight excluding hydrogens is 911 g/mol. The maximum Gasteiger partial charge on any atom is 0.361 e. The first-order valence-electron chi connectivity index (χ1n) is 28.3. The normalized spacial score (nSPS) is 13.8. The molecule has 0 heterocycles. The molecule has 0 spiro atoms. The summed E-state index contributed by atoms with van der Waals surface area (Å²) in [5.41, 5.74) is 0. The number of allylic oxidation sites excluding steroid dienone is 22. The number of likely N-dealkylation sites (N-methyl/N-ethyl adjacent to an activating group) is 1. The van der Waals surface area contributed by atoms with Crippen LogP contribution in [0.4, 0.5) is 0 Å². The fourth-order valence-corrected chi connectivity index (χ4v) is 7.03.